The van der Waals surface area contributed by atoms with Crippen molar-refractivity contribution in [1.29, 1.82) is 0 Å². The minimum atomic E-state index is 0.450. The highest BCUT2D eigenvalue weighted by Crippen LogP contribution is 2.21. The number of hydrogen-bond acceptors (Lipinski definition) is 2. The average molecular weight is 283 g/mol. The second kappa shape index (κ2) is 9.35. The Balaban J connectivity index is 2.25. The van der Waals surface area contributed by atoms with Crippen molar-refractivity contribution in [3.63, 3.8) is 0 Å². The lowest BCUT2D eigenvalue weighted by molar-refractivity contribution is 0.255. The standard InChI is InChI=1S/C16H27ClN2/c1-4-18-12-6-5-7-13-19(3)14(2)15-8-10-16(17)11-9-15/h8-11,14,18H,4-7,12-13H2,1-3H3. The summed E-state index contributed by atoms with van der Waals surface area (Å²) >= 11 is 5.92. The van der Waals surface area contributed by atoms with Gasteiger partial charge in [-0.1, -0.05) is 37.1 Å². The summed E-state index contributed by atoms with van der Waals surface area (Å²) in [6.45, 7) is 7.78. The first-order chi connectivity index (χ1) is 9.15. The first kappa shape index (κ1) is 16.5. The highest BCUT2D eigenvalue weighted by molar-refractivity contribution is 6.30. The van der Waals surface area contributed by atoms with Crippen molar-refractivity contribution in [3.8, 4) is 0 Å². The van der Waals surface area contributed by atoms with Gasteiger partial charge in [0.05, 0.1) is 0 Å². The highest BCUT2D eigenvalue weighted by Gasteiger charge is 2.10. The van der Waals surface area contributed by atoms with Crippen molar-refractivity contribution in [3.05, 3.63) is 34.9 Å². The average Bonchev–Trinajstić information content (AvgIpc) is 2.42. The van der Waals surface area contributed by atoms with E-state index in [1.807, 2.05) is 12.1 Å². The van der Waals surface area contributed by atoms with E-state index in [4.69, 9.17) is 11.6 Å². The van der Waals surface area contributed by atoms with Crippen molar-refractivity contribution in [2.45, 2.75) is 39.2 Å². The Kier molecular flexibility index (Phi) is 8.11. The normalized spacial score (nSPS) is 12.9. The fourth-order valence-corrected chi connectivity index (χ4v) is 2.28. The van der Waals surface area contributed by atoms with E-state index in [-0.39, 0.29) is 0 Å². The fourth-order valence-electron chi connectivity index (χ4n) is 2.15. The summed E-state index contributed by atoms with van der Waals surface area (Å²) in [5.74, 6) is 0. The molecule has 1 atom stereocenters. The van der Waals surface area contributed by atoms with Gasteiger partial charge in [-0.05, 0) is 64.1 Å². The molecule has 0 amide bonds. The zero-order chi connectivity index (χ0) is 14.1. The van der Waals surface area contributed by atoms with Crippen LogP contribution in [0.5, 0.6) is 0 Å². The molecule has 1 unspecified atom stereocenters. The Labute approximate surface area is 123 Å². The minimum Gasteiger partial charge on any atom is -0.317 e. The monoisotopic (exact) mass is 282 g/mol. The third-order valence-corrected chi connectivity index (χ3v) is 3.88. The molecular weight excluding hydrogens is 256 g/mol. The van der Waals surface area contributed by atoms with Gasteiger partial charge in [-0.25, -0.2) is 0 Å². The first-order valence-electron chi connectivity index (χ1n) is 7.31. The molecule has 0 spiro atoms. The van der Waals surface area contributed by atoms with Gasteiger partial charge in [0.15, 0.2) is 0 Å². The molecule has 0 aliphatic carbocycles. The second-order valence-electron chi connectivity index (χ2n) is 5.12. The SMILES string of the molecule is CCNCCCCCN(C)C(C)c1ccc(Cl)cc1. The third-order valence-electron chi connectivity index (χ3n) is 3.63. The summed E-state index contributed by atoms with van der Waals surface area (Å²) in [6, 6.07) is 8.63. The molecule has 1 N–H and O–H groups in total. The summed E-state index contributed by atoms with van der Waals surface area (Å²) in [6.07, 6.45) is 3.83. The van der Waals surface area contributed by atoms with Crippen molar-refractivity contribution in [2.75, 3.05) is 26.7 Å². The van der Waals surface area contributed by atoms with Crippen LogP contribution in [0.4, 0.5) is 0 Å². The minimum absolute atomic E-state index is 0.450. The smallest absolute Gasteiger partial charge is 0.0406 e. The summed E-state index contributed by atoms with van der Waals surface area (Å²) < 4.78 is 0. The Morgan fingerprint density at radius 2 is 1.84 bits per heavy atom. The van der Waals surface area contributed by atoms with Crippen LogP contribution in [0.2, 0.25) is 5.02 Å². The van der Waals surface area contributed by atoms with E-state index in [0.29, 0.717) is 6.04 Å². The van der Waals surface area contributed by atoms with E-state index in [1.165, 1.54) is 24.8 Å². The molecular formula is C16H27ClN2. The van der Waals surface area contributed by atoms with Gasteiger partial charge in [-0.15, -0.1) is 0 Å². The van der Waals surface area contributed by atoms with Crippen LogP contribution >= 0.6 is 11.6 Å². The molecule has 1 rings (SSSR count). The van der Waals surface area contributed by atoms with E-state index in [2.05, 4.69) is 43.2 Å². The van der Waals surface area contributed by atoms with E-state index in [0.717, 1.165) is 24.7 Å². The maximum Gasteiger partial charge on any atom is 0.0406 e. The van der Waals surface area contributed by atoms with Gasteiger partial charge < -0.3 is 5.32 Å². The molecule has 0 saturated carbocycles. The summed E-state index contributed by atoms with van der Waals surface area (Å²) in [5.41, 5.74) is 1.33. The van der Waals surface area contributed by atoms with Gasteiger partial charge in [-0.2, -0.15) is 0 Å². The molecule has 1 aromatic carbocycles. The molecule has 108 valence electrons. The van der Waals surface area contributed by atoms with Gasteiger partial charge in [0.25, 0.3) is 0 Å². The third kappa shape index (κ3) is 6.42. The highest BCUT2D eigenvalue weighted by atomic mass is 35.5. The lowest BCUT2D eigenvalue weighted by atomic mass is 10.1. The number of benzene rings is 1. The zero-order valence-corrected chi connectivity index (χ0v) is 13.2. The van der Waals surface area contributed by atoms with E-state index >= 15 is 0 Å². The largest absolute Gasteiger partial charge is 0.317 e. The zero-order valence-electron chi connectivity index (χ0n) is 12.5. The summed E-state index contributed by atoms with van der Waals surface area (Å²) in [4.78, 5) is 2.41. The molecule has 0 fully saturated rings. The maximum atomic E-state index is 5.92. The molecule has 0 aliphatic rings. The summed E-state index contributed by atoms with van der Waals surface area (Å²) in [7, 11) is 2.20. The van der Waals surface area contributed by atoms with Crippen LogP contribution in [-0.2, 0) is 0 Å². The van der Waals surface area contributed by atoms with Crippen molar-refractivity contribution < 1.29 is 0 Å². The Bertz CT molecular complexity index is 337. The van der Waals surface area contributed by atoms with Crippen molar-refractivity contribution in [2.24, 2.45) is 0 Å². The number of halogens is 1. The van der Waals surface area contributed by atoms with Crippen LogP contribution in [0.3, 0.4) is 0 Å². The predicted octanol–water partition coefficient (Wildman–Crippen LogP) is 4.11. The summed E-state index contributed by atoms with van der Waals surface area (Å²) in [5, 5.41) is 4.17. The van der Waals surface area contributed by atoms with Crippen molar-refractivity contribution >= 4 is 11.6 Å². The van der Waals surface area contributed by atoms with Crippen LogP contribution in [0, 0.1) is 0 Å². The van der Waals surface area contributed by atoms with Crippen LogP contribution in [0.15, 0.2) is 24.3 Å². The Hall–Kier alpha value is -0.570. The topological polar surface area (TPSA) is 15.3 Å². The molecule has 0 aromatic heterocycles. The fraction of sp³-hybridized carbons (Fsp3) is 0.625. The van der Waals surface area contributed by atoms with E-state index in [1.54, 1.807) is 0 Å². The van der Waals surface area contributed by atoms with E-state index < -0.39 is 0 Å². The molecule has 0 aliphatic heterocycles. The van der Waals surface area contributed by atoms with E-state index in [9.17, 15) is 0 Å². The lowest BCUT2D eigenvalue weighted by Gasteiger charge is -2.25. The maximum absolute atomic E-state index is 5.92. The van der Waals surface area contributed by atoms with Crippen LogP contribution in [-0.4, -0.2) is 31.6 Å². The molecule has 0 saturated heterocycles. The molecule has 2 nitrogen and oxygen atoms in total. The molecule has 0 radical (unpaired) electrons. The first-order valence-corrected chi connectivity index (χ1v) is 7.69. The van der Waals surface area contributed by atoms with Gasteiger partial charge in [0, 0.05) is 11.1 Å². The molecule has 0 heterocycles. The molecule has 3 heteroatoms. The molecule has 1 aromatic rings. The van der Waals surface area contributed by atoms with Gasteiger partial charge in [0.2, 0.25) is 0 Å². The number of unbranched alkanes of at least 4 members (excludes halogenated alkanes) is 2. The predicted molar refractivity (Wildman–Crippen MR) is 84.9 cm³/mol. The van der Waals surface area contributed by atoms with Gasteiger partial charge >= 0.3 is 0 Å². The second-order valence-corrected chi connectivity index (χ2v) is 5.56. The van der Waals surface area contributed by atoms with Gasteiger partial charge in [0.1, 0.15) is 0 Å². The van der Waals surface area contributed by atoms with Crippen LogP contribution < -0.4 is 5.32 Å². The molecule has 19 heavy (non-hydrogen) atoms. The number of hydrogen-bond donors (Lipinski definition) is 1. The Morgan fingerprint density at radius 3 is 2.47 bits per heavy atom. The number of nitrogens with one attached hydrogen (secondary N) is 1. The number of nitrogens with zero attached hydrogens (tertiary/aromatic N) is 1. The van der Waals surface area contributed by atoms with Crippen molar-refractivity contribution in [1.82, 2.24) is 10.2 Å². The van der Waals surface area contributed by atoms with Crippen LogP contribution in [0.1, 0.15) is 44.7 Å². The van der Waals surface area contributed by atoms with Crippen LogP contribution in [0.25, 0.3) is 0 Å². The lowest BCUT2D eigenvalue weighted by Crippen LogP contribution is -2.23. The quantitative estimate of drug-likeness (QED) is 0.686. The Morgan fingerprint density at radius 1 is 1.16 bits per heavy atom. The van der Waals surface area contributed by atoms with Gasteiger partial charge in [-0.3, -0.25) is 4.90 Å². The molecule has 0 bridgehead atoms. The number of rotatable bonds is 9.